The van der Waals surface area contributed by atoms with Gasteiger partial charge in [0.05, 0.1) is 10.6 Å². The number of aryl methyl sites for hydroxylation is 2. The van der Waals surface area contributed by atoms with Crippen LogP contribution < -0.4 is 10.0 Å². The summed E-state index contributed by atoms with van der Waals surface area (Å²) in [6.45, 7) is 7.57. The Morgan fingerprint density at radius 2 is 1.73 bits per heavy atom. The summed E-state index contributed by atoms with van der Waals surface area (Å²) < 4.78 is 26.7. The van der Waals surface area contributed by atoms with Crippen molar-refractivity contribution in [3.8, 4) is 0 Å². The zero-order valence-electron chi connectivity index (χ0n) is 15.4. The van der Waals surface area contributed by atoms with Crippen LogP contribution in [0.5, 0.6) is 0 Å². The first-order valence-corrected chi connectivity index (χ1v) is 10.8. The Morgan fingerprint density at radius 3 is 2.35 bits per heavy atom. The van der Waals surface area contributed by atoms with Crippen molar-refractivity contribution in [2.45, 2.75) is 43.5 Å². The quantitative estimate of drug-likeness (QED) is 0.704. The molecule has 26 heavy (non-hydrogen) atoms. The first-order chi connectivity index (χ1) is 12.2. The minimum absolute atomic E-state index is 0.133. The third-order valence-electron chi connectivity index (χ3n) is 3.54. The fraction of sp³-hybridized carbons (Fsp3) is 0.316. The molecule has 0 saturated heterocycles. The van der Waals surface area contributed by atoms with Crippen LogP contribution in [-0.4, -0.2) is 26.1 Å². The lowest BCUT2D eigenvalue weighted by molar-refractivity contribution is -0.113. The normalized spacial score (nSPS) is 11.6. The molecule has 5 nitrogen and oxygen atoms in total. The second-order valence-electron chi connectivity index (χ2n) is 6.41. The molecule has 7 heteroatoms. The van der Waals surface area contributed by atoms with Gasteiger partial charge >= 0.3 is 0 Å². The third kappa shape index (κ3) is 5.86. The maximum absolute atomic E-state index is 12.1. The second kappa shape index (κ2) is 8.70. The number of hydrogen-bond acceptors (Lipinski definition) is 4. The van der Waals surface area contributed by atoms with Crippen LogP contribution in [0.1, 0.15) is 25.0 Å². The lowest BCUT2D eigenvalue weighted by atomic mass is 10.2. The van der Waals surface area contributed by atoms with Crippen LogP contribution in [0, 0.1) is 13.8 Å². The van der Waals surface area contributed by atoms with E-state index in [-0.39, 0.29) is 16.8 Å². The van der Waals surface area contributed by atoms with E-state index in [1.165, 1.54) is 23.9 Å². The van der Waals surface area contributed by atoms with Gasteiger partial charge in [-0.3, -0.25) is 4.79 Å². The number of carbonyl (C=O) groups excluding carboxylic acids is 1. The molecule has 0 spiro atoms. The summed E-state index contributed by atoms with van der Waals surface area (Å²) in [5.74, 6) is 0.158. The van der Waals surface area contributed by atoms with Crippen molar-refractivity contribution in [2.75, 3.05) is 11.1 Å². The lowest BCUT2D eigenvalue weighted by Gasteiger charge is -2.11. The summed E-state index contributed by atoms with van der Waals surface area (Å²) in [4.78, 5) is 13.4. The van der Waals surface area contributed by atoms with Crippen LogP contribution in [0.25, 0.3) is 0 Å². The van der Waals surface area contributed by atoms with E-state index in [1.807, 2.05) is 26.0 Å². The van der Waals surface area contributed by atoms with E-state index in [0.29, 0.717) is 11.4 Å². The number of amides is 1. The molecule has 0 heterocycles. The molecule has 2 N–H and O–H groups in total. The molecule has 0 bridgehead atoms. The maximum atomic E-state index is 12.1. The molecule has 1 amide bonds. The summed E-state index contributed by atoms with van der Waals surface area (Å²) >= 11 is 1.48. The summed E-state index contributed by atoms with van der Waals surface area (Å²) in [5, 5.41) is 2.79. The van der Waals surface area contributed by atoms with Gasteiger partial charge in [0.15, 0.2) is 0 Å². The molecule has 0 aromatic heterocycles. The Kier molecular flexibility index (Phi) is 6.86. The van der Waals surface area contributed by atoms with Crippen LogP contribution in [0.4, 0.5) is 5.69 Å². The van der Waals surface area contributed by atoms with Crippen molar-refractivity contribution in [1.29, 1.82) is 0 Å². The number of thioether (sulfide) groups is 1. The number of hydrogen-bond donors (Lipinski definition) is 2. The van der Waals surface area contributed by atoms with Gasteiger partial charge in [0.1, 0.15) is 0 Å². The van der Waals surface area contributed by atoms with Gasteiger partial charge in [-0.15, -0.1) is 11.8 Å². The second-order valence-corrected chi connectivity index (χ2v) is 9.14. The first-order valence-electron chi connectivity index (χ1n) is 8.29. The Balaban J connectivity index is 1.96. The smallest absolute Gasteiger partial charge is 0.240 e. The molecule has 2 aromatic carbocycles. The molecule has 0 aliphatic heterocycles. The van der Waals surface area contributed by atoms with Gasteiger partial charge in [-0.1, -0.05) is 17.7 Å². The van der Waals surface area contributed by atoms with Crippen LogP contribution in [0.2, 0.25) is 0 Å². The Labute approximate surface area is 159 Å². The highest BCUT2D eigenvalue weighted by atomic mass is 32.2. The number of benzene rings is 2. The van der Waals surface area contributed by atoms with Crippen molar-refractivity contribution in [3.63, 3.8) is 0 Å². The van der Waals surface area contributed by atoms with E-state index >= 15 is 0 Å². The summed E-state index contributed by atoms with van der Waals surface area (Å²) in [6, 6.07) is 12.1. The van der Waals surface area contributed by atoms with E-state index < -0.39 is 10.0 Å². The monoisotopic (exact) mass is 392 g/mol. The zero-order chi connectivity index (χ0) is 19.3. The van der Waals surface area contributed by atoms with E-state index in [0.717, 1.165) is 16.0 Å². The summed E-state index contributed by atoms with van der Waals surface area (Å²) in [6.07, 6.45) is 0. The fourth-order valence-electron chi connectivity index (χ4n) is 2.30. The van der Waals surface area contributed by atoms with Gasteiger partial charge in [0.2, 0.25) is 15.9 Å². The van der Waals surface area contributed by atoms with Gasteiger partial charge in [-0.25, -0.2) is 13.1 Å². The number of anilines is 1. The Morgan fingerprint density at radius 1 is 1.08 bits per heavy atom. The van der Waals surface area contributed by atoms with Crippen molar-refractivity contribution < 1.29 is 13.2 Å². The predicted octanol–water partition coefficient (Wildman–Crippen LogP) is 3.72. The van der Waals surface area contributed by atoms with Crippen LogP contribution in [0.3, 0.4) is 0 Å². The molecule has 0 saturated carbocycles. The van der Waals surface area contributed by atoms with Crippen molar-refractivity contribution in [2.24, 2.45) is 0 Å². The van der Waals surface area contributed by atoms with E-state index in [9.17, 15) is 13.2 Å². The molecule has 0 radical (unpaired) electrons. The predicted molar refractivity (Wildman–Crippen MR) is 107 cm³/mol. The molecular formula is C19H24N2O3S2. The summed E-state index contributed by atoms with van der Waals surface area (Å²) in [7, 11) is -3.53. The highest BCUT2D eigenvalue weighted by Crippen LogP contribution is 2.24. The molecule has 2 aromatic rings. The minimum atomic E-state index is -3.53. The van der Waals surface area contributed by atoms with Gasteiger partial charge in [0, 0.05) is 16.6 Å². The molecule has 140 valence electrons. The highest BCUT2D eigenvalue weighted by Gasteiger charge is 2.15. The SMILES string of the molecule is Cc1ccc(C)c(SCC(=O)Nc2ccc(S(=O)(=O)NC(C)C)cc2)c1. The largest absolute Gasteiger partial charge is 0.325 e. The van der Waals surface area contributed by atoms with Crippen LogP contribution >= 0.6 is 11.8 Å². The number of carbonyl (C=O) groups is 1. The molecule has 0 aliphatic carbocycles. The molecular weight excluding hydrogens is 368 g/mol. The molecule has 2 rings (SSSR count). The average molecular weight is 393 g/mol. The van der Waals surface area contributed by atoms with E-state index in [2.05, 4.69) is 16.1 Å². The Hall–Kier alpha value is -1.83. The van der Waals surface area contributed by atoms with Crippen LogP contribution in [0.15, 0.2) is 52.3 Å². The highest BCUT2D eigenvalue weighted by molar-refractivity contribution is 8.00. The van der Waals surface area contributed by atoms with Crippen molar-refractivity contribution in [3.05, 3.63) is 53.6 Å². The Bertz CT molecular complexity index is 876. The lowest BCUT2D eigenvalue weighted by Crippen LogP contribution is -2.30. The average Bonchev–Trinajstić information content (AvgIpc) is 2.55. The fourth-order valence-corrected chi connectivity index (χ4v) is 4.47. The number of rotatable bonds is 7. The van der Waals surface area contributed by atoms with Gasteiger partial charge in [0.25, 0.3) is 0 Å². The molecule has 0 atom stereocenters. The van der Waals surface area contributed by atoms with Gasteiger partial charge < -0.3 is 5.32 Å². The number of sulfonamides is 1. The third-order valence-corrected chi connectivity index (χ3v) is 6.37. The van der Waals surface area contributed by atoms with Gasteiger partial charge in [-0.05, 0) is 63.6 Å². The topological polar surface area (TPSA) is 75.3 Å². The molecule has 0 aliphatic rings. The molecule has 0 unspecified atom stereocenters. The first kappa shape index (κ1) is 20.5. The van der Waals surface area contributed by atoms with E-state index in [4.69, 9.17) is 0 Å². The van der Waals surface area contributed by atoms with Crippen LogP contribution in [-0.2, 0) is 14.8 Å². The minimum Gasteiger partial charge on any atom is -0.325 e. The van der Waals surface area contributed by atoms with E-state index in [1.54, 1.807) is 26.0 Å². The van der Waals surface area contributed by atoms with Crippen molar-refractivity contribution in [1.82, 2.24) is 4.72 Å². The summed E-state index contributed by atoms with van der Waals surface area (Å²) in [5.41, 5.74) is 2.87. The van der Waals surface area contributed by atoms with Gasteiger partial charge in [-0.2, -0.15) is 0 Å². The maximum Gasteiger partial charge on any atom is 0.240 e. The zero-order valence-corrected chi connectivity index (χ0v) is 17.0. The van der Waals surface area contributed by atoms with Crippen molar-refractivity contribution >= 4 is 33.4 Å². The molecule has 0 fully saturated rings. The standard InChI is InChI=1S/C19H24N2O3S2/c1-13(2)21-26(23,24)17-9-7-16(8-10-17)20-19(22)12-25-18-11-14(3)5-6-15(18)4/h5-11,13,21H,12H2,1-4H3,(H,20,22). The number of nitrogens with one attached hydrogen (secondary N) is 2.